The number of rotatable bonds is 6. The molecule has 0 spiro atoms. The Kier molecular flexibility index (Phi) is 6.20. The van der Waals surface area contributed by atoms with E-state index in [2.05, 4.69) is 55.7 Å². The van der Waals surface area contributed by atoms with E-state index >= 15 is 0 Å². The molecule has 2 aromatic heterocycles. The lowest BCUT2D eigenvalue weighted by Gasteiger charge is -2.28. The minimum atomic E-state index is -0.176. The van der Waals surface area contributed by atoms with Crippen LogP contribution in [0, 0.1) is 0 Å². The molecule has 3 heterocycles. The smallest absolute Gasteiger partial charge is 0.221 e. The van der Waals surface area contributed by atoms with Gasteiger partial charge in [0.25, 0.3) is 0 Å². The fourth-order valence-electron chi connectivity index (χ4n) is 4.45. The number of ether oxygens (including phenoxy) is 1. The number of nitrogens with zero attached hydrogens (tertiary/aromatic N) is 3. The predicted octanol–water partition coefficient (Wildman–Crippen LogP) is 5.02. The Labute approximate surface area is 209 Å². The largest absolute Gasteiger partial charge is 0.495 e. The lowest BCUT2D eigenvalue weighted by Crippen LogP contribution is -2.29. The number of methoxy groups -OCH3 is 1. The highest BCUT2D eigenvalue weighted by atomic mass is 32.1. The van der Waals surface area contributed by atoms with Crippen LogP contribution in [0.4, 0.5) is 11.4 Å². The number of hydrogen-bond acceptors (Lipinski definition) is 4. The number of nitrogens with one attached hydrogen (secondary N) is 2. The van der Waals surface area contributed by atoms with E-state index in [1.54, 1.807) is 13.3 Å². The second-order valence-electron chi connectivity index (χ2n) is 8.25. The predicted molar refractivity (Wildman–Crippen MR) is 141 cm³/mol. The number of carbonyl (C=O) groups is 1. The summed E-state index contributed by atoms with van der Waals surface area (Å²) < 4.78 is 7.55. The zero-order valence-electron chi connectivity index (χ0n) is 19.4. The molecule has 0 radical (unpaired) electrons. The van der Waals surface area contributed by atoms with Gasteiger partial charge in [0, 0.05) is 36.9 Å². The van der Waals surface area contributed by atoms with Crippen LogP contribution >= 0.6 is 12.2 Å². The van der Waals surface area contributed by atoms with E-state index in [4.69, 9.17) is 17.0 Å². The number of anilines is 2. The van der Waals surface area contributed by atoms with Crippen LogP contribution < -0.4 is 20.3 Å². The Morgan fingerprint density at radius 3 is 2.57 bits per heavy atom. The van der Waals surface area contributed by atoms with Gasteiger partial charge in [-0.05, 0) is 66.3 Å². The number of carbonyl (C=O) groups excluding carboxylic acids is 1. The van der Waals surface area contributed by atoms with Crippen molar-refractivity contribution in [3.05, 3.63) is 103 Å². The zero-order chi connectivity index (χ0) is 24.4. The number of amides is 1. The summed E-state index contributed by atoms with van der Waals surface area (Å²) in [4.78, 5) is 18.5. The van der Waals surface area contributed by atoms with E-state index in [0.29, 0.717) is 16.5 Å². The van der Waals surface area contributed by atoms with Crippen LogP contribution in [0.15, 0.2) is 91.4 Å². The summed E-state index contributed by atoms with van der Waals surface area (Å²) in [6.45, 7) is 1.47. The summed E-state index contributed by atoms with van der Waals surface area (Å²) in [5.41, 5.74) is 4.47. The molecule has 8 heteroatoms. The molecule has 4 aromatic rings. The lowest BCUT2D eigenvalue weighted by molar-refractivity contribution is -0.114. The van der Waals surface area contributed by atoms with Crippen LogP contribution in [0.25, 0.3) is 5.69 Å². The summed E-state index contributed by atoms with van der Waals surface area (Å²) in [5, 5.41) is 6.91. The third kappa shape index (κ3) is 4.48. The highest BCUT2D eigenvalue weighted by Crippen LogP contribution is 2.43. The van der Waals surface area contributed by atoms with Gasteiger partial charge >= 0.3 is 0 Å². The van der Waals surface area contributed by atoms with Crippen molar-refractivity contribution in [1.82, 2.24) is 14.9 Å². The topological polar surface area (TPSA) is 71.4 Å². The van der Waals surface area contributed by atoms with Gasteiger partial charge in [-0.1, -0.05) is 24.3 Å². The van der Waals surface area contributed by atoms with E-state index < -0.39 is 0 Å². The number of thiocarbonyl (C=S) groups is 1. The van der Waals surface area contributed by atoms with Gasteiger partial charge in [0.1, 0.15) is 5.75 Å². The molecule has 2 aromatic carbocycles. The van der Waals surface area contributed by atoms with Crippen LogP contribution in [0.3, 0.4) is 0 Å². The van der Waals surface area contributed by atoms with Gasteiger partial charge in [-0.25, -0.2) is 0 Å². The van der Waals surface area contributed by atoms with Crippen molar-refractivity contribution >= 4 is 34.6 Å². The SMILES string of the molecule is COc1ccc(N2C(=S)N[C@H](c3ccccn3)[C@@H]2c2ccn(-c3ccccc3)c2)cc1NC(C)=O. The molecule has 35 heavy (non-hydrogen) atoms. The van der Waals surface area contributed by atoms with E-state index in [9.17, 15) is 4.79 Å². The Morgan fingerprint density at radius 1 is 1.06 bits per heavy atom. The lowest BCUT2D eigenvalue weighted by atomic mass is 9.98. The molecule has 7 nitrogen and oxygen atoms in total. The normalized spacial score (nSPS) is 17.2. The van der Waals surface area contributed by atoms with Crippen LogP contribution in [0.1, 0.15) is 30.3 Å². The van der Waals surface area contributed by atoms with Gasteiger partial charge in [0.05, 0.1) is 30.6 Å². The minimum Gasteiger partial charge on any atom is -0.495 e. The molecular weight excluding hydrogens is 458 g/mol. The average molecular weight is 484 g/mol. The van der Waals surface area contributed by atoms with Crippen LogP contribution in [0.2, 0.25) is 0 Å². The quantitative estimate of drug-likeness (QED) is 0.376. The number of hydrogen-bond donors (Lipinski definition) is 2. The summed E-state index contributed by atoms with van der Waals surface area (Å²) in [6, 6.07) is 23.5. The minimum absolute atomic E-state index is 0.165. The second kappa shape index (κ2) is 9.60. The molecule has 2 atom stereocenters. The Hall–Kier alpha value is -4.17. The van der Waals surface area contributed by atoms with E-state index in [1.807, 2.05) is 54.6 Å². The van der Waals surface area contributed by atoms with Crippen molar-refractivity contribution in [2.45, 2.75) is 19.0 Å². The van der Waals surface area contributed by atoms with E-state index in [0.717, 1.165) is 22.6 Å². The molecule has 176 valence electrons. The first-order valence-electron chi connectivity index (χ1n) is 11.2. The van der Waals surface area contributed by atoms with Gasteiger partial charge in [0.2, 0.25) is 5.91 Å². The first-order chi connectivity index (χ1) is 17.0. The van der Waals surface area contributed by atoms with Crippen LogP contribution in [-0.4, -0.2) is 27.7 Å². The van der Waals surface area contributed by atoms with Crippen LogP contribution in [-0.2, 0) is 4.79 Å². The first-order valence-corrected chi connectivity index (χ1v) is 11.7. The number of pyridine rings is 1. The molecule has 1 amide bonds. The standard InChI is InChI=1S/C27H25N5O2S/c1-18(33)29-23-16-21(11-12-24(23)34-2)32-26(25(30-27(32)35)22-10-6-7-14-28-22)19-13-15-31(17-19)20-8-4-3-5-9-20/h3-17,25-26H,1-2H3,(H,29,33)(H,30,35)/t25-,26+/m1/s1. The van der Waals surface area contributed by atoms with Crippen molar-refractivity contribution in [3.63, 3.8) is 0 Å². The van der Waals surface area contributed by atoms with Crippen molar-refractivity contribution in [1.29, 1.82) is 0 Å². The number of benzene rings is 2. The fraction of sp³-hybridized carbons (Fsp3) is 0.148. The number of para-hydroxylation sites is 1. The molecule has 2 N–H and O–H groups in total. The van der Waals surface area contributed by atoms with Gasteiger partial charge < -0.3 is 24.8 Å². The second-order valence-corrected chi connectivity index (χ2v) is 8.64. The third-order valence-electron chi connectivity index (χ3n) is 5.98. The molecule has 0 aliphatic carbocycles. The maximum Gasteiger partial charge on any atom is 0.221 e. The molecule has 1 aliphatic rings. The summed E-state index contributed by atoms with van der Waals surface area (Å²) >= 11 is 5.83. The zero-order valence-corrected chi connectivity index (χ0v) is 20.2. The molecular formula is C27H25N5O2S. The summed E-state index contributed by atoms with van der Waals surface area (Å²) in [5.74, 6) is 0.403. The van der Waals surface area contributed by atoms with Crippen molar-refractivity contribution in [3.8, 4) is 11.4 Å². The van der Waals surface area contributed by atoms with Crippen LogP contribution in [0.5, 0.6) is 5.75 Å². The maximum absolute atomic E-state index is 11.8. The molecule has 0 unspecified atom stereocenters. The highest BCUT2D eigenvalue weighted by molar-refractivity contribution is 7.80. The Bertz CT molecular complexity index is 1360. The molecule has 1 fully saturated rings. The van der Waals surface area contributed by atoms with Crippen molar-refractivity contribution < 1.29 is 9.53 Å². The summed E-state index contributed by atoms with van der Waals surface area (Å²) in [6.07, 6.45) is 5.96. The third-order valence-corrected chi connectivity index (χ3v) is 6.30. The van der Waals surface area contributed by atoms with Gasteiger partial charge in [0.15, 0.2) is 5.11 Å². The Morgan fingerprint density at radius 2 is 1.86 bits per heavy atom. The van der Waals surface area contributed by atoms with Gasteiger partial charge in [-0.2, -0.15) is 0 Å². The maximum atomic E-state index is 11.8. The average Bonchev–Trinajstić information content (AvgIpc) is 3.49. The van der Waals surface area contributed by atoms with Crippen molar-refractivity contribution in [2.24, 2.45) is 0 Å². The fourth-order valence-corrected chi connectivity index (χ4v) is 4.80. The van der Waals surface area contributed by atoms with Gasteiger partial charge in [-0.3, -0.25) is 9.78 Å². The molecule has 5 rings (SSSR count). The monoisotopic (exact) mass is 483 g/mol. The molecule has 0 saturated carbocycles. The van der Waals surface area contributed by atoms with E-state index in [-0.39, 0.29) is 18.0 Å². The summed E-state index contributed by atoms with van der Waals surface area (Å²) in [7, 11) is 1.58. The van der Waals surface area contributed by atoms with Crippen molar-refractivity contribution in [2.75, 3.05) is 17.3 Å². The Balaban J connectivity index is 1.60. The highest BCUT2D eigenvalue weighted by Gasteiger charge is 2.41. The molecule has 1 saturated heterocycles. The van der Waals surface area contributed by atoms with Gasteiger partial charge in [-0.15, -0.1) is 0 Å². The molecule has 1 aliphatic heterocycles. The van der Waals surface area contributed by atoms with E-state index in [1.165, 1.54) is 6.92 Å². The number of aromatic nitrogens is 2. The first kappa shape index (κ1) is 22.6. The molecule has 0 bridgehead atoms.